The Hall–Kier alpha value is -1.89. The van der Waals surface area contributed by atoms with Crippen LogP contribution in [0.4, 0.5) is 5.69 Å². The van der Waals surface area contributed by atoms with Crippen LogP contribution in [0.5, 0.6) is 0 Å². The Morgan fingerprint density at radius 3 is 2.53 bits per heavy atom. The van der Waals surface area contributed by atoms with Gasteiger partial charge in [-0.1, -0.05) is 49.8 Å². The van der Waals surface area contributed by atoms with Crippen molar-refractivity contribution in [2.75, 3.05) is 5.32 Å². The van der Waals surface area contributed by atoms with Gasteiger partial charge in [0.1, 0.15) is 0 Å². The standard InChI is InChI=1S/C25H32ClN3O2S/c26-20-13-12-19(28-24(30)23-11-6-14-32-23)15-18(20)16-29(22-10-5-4-9-21(22)27)25(31)17-7-2-1-3-8-17/h6,11-15,17,21-22H,1-5,7-10,16,27H2,(H,28,30). The molecule has 0 saturated heterocycles. The molecule has 7 heteroatoms. The van der Waals surface area contributed by atoms with Crippen LogP contribution in [-0.4, -0.2) is 28.8 Å². The van der Waals surface area contributed by atoms with E-state index in [9.17, 15) is 9.59 Å². The van der Waals surface area contributed by atoms with Crippen molar-refractivity contribution in [3.05, 3.63) is 51.2 Å². The van der Waals surface area contributed by atoms with E-state index in [1.165, 1.54) is 17.8 Å². The minimum atomic E-state index is -0.141. The van der Waals surface area contributed by atoms with Gasteiger partial charge in [-0.2, -0.15) is 0 Å². The van der Waals surface area contributed by atoms with E-state index >= 15 is 0 Å². The molecule has 2 atom stereocenters. The number of benzene rings is 1. The minimum Gasteiger partial charge on any atom is -0.334 e. The molecular formula is C25H32ClN3O2S. The summed E-state index contributed by atoms with van der Waals surface area (Å²) in [5.41, 5.74) is 8.03. The number of halogens is 1. The van der Waals surface area contributed by atoms with E-state index in [4.69, 9.17) is 17.3 Å². The number of hydrogen-bond donors (Lipinski definition) is 2. The van der Waals surface area contributed by atoms with Crippen molar-refractivity contribution < 1.29 is 9.59 Å². The minimum absolute atomic E-state index is 0.00298. The number of carbonyl (C=O) groups is 2. The van der Waals surface area contributed by atoms with E-state index in [0.717, 1.165) is 56.9 Å². The largest absolute Gasteiger partial charge is 0.334 e. The lowest BCUT2D eigenvalue weighted by molar-refractivity contribution is -0.141. The van der Waals surface area contributed by atoms with Gasteiger partial charge in [-0.3, -0.25) is 9.59 Å². The molecule has 32 heavy (non-hydrogen) atoms. The molecule has 0 spiro atoms. The van der Waals surface area contributed by atoms with Gasteiger partial charge in [0.2, 0.25) is 5.91 Å². The van der Waals surface area contributed by atoms with Gasteiger partial charge in [0.25, 0.3) is 5.91 Å². The van der Waals surface area contributed by atoms with Crippen molar-refractivity contribution in [2.24, 2.45) is 11.7 Å². The molecule has 2 saturated carbocycles. The average molecular weight is 474 g/mol. The Balaban J connectivity index is 1.56. The highest BCUT2D eigenvalue weighted by Gasteiger charge is 2.35. The number of hydrogen-bond acceptors (Lipinski definition) is 4. The molecule has 0 aliphatic heterocycles. The van der Waals surface area contributed by atoms with Crippen molar-refractivity contribution in [3.8, 4) is 0 Å². The summed E-state index contributed by atoms with van der Waals surface area (Å²) in [4.78, 5) is 28.8. The van der Waals surface area contributed by atoms with Gasteiger partial charge >= 0.3 is 0 Å². The van der Waals surface area contributed by atoms with E-state index in [0.29, 0.717) is 22.1 Å². The molecule has 5 nitrogen and oxygen atoms in total. The van der Waals surface area contributed by atoms with Crippen molar-refractivity contribution in [3.63, 3.8) is 0 Å². The van der Waals surface area contributed by atoms with Crippen LogP contribution in [0.25, 0.3) is 0 Å². The van der Waals surface area contributed by atoms with Crippen LogP contribution in [0.3, 0.4) is 0 Å². The second-order valence-electron chi connectivity index (χ2n) is 9.05. The molecule has 3 N–H and O–H groups in total. The fraction of sp³-hybridized carbons (Fsp3) is 0.520. The molecule has 1 aromatic heterocycles. The first kappa shape index (κ1) is 23.3. The smallest absolute Gasteiger partial charge is 0.265 e. The Labute approximate surface area is 199 Å². The number of thiophene rings is 1. The maximum atomic E-state index is 13.6. The molecule has 2 aromatic rings. The van der Waals surface area contributed by atoms with Gasteiger partial charge in [0.15, 0.2) is 0 Å². The predicted molar refractivity (Wildman–Crippen MR) is 131 cm³/mol. The molecule has 0 bridgehead atoms. The van der Waals surface area contributed by atoms with Crippen molar-refractivity contribution >= 4 is 40.4 Å². The number of rotatable bonds is 6. The zero-order valence-electron chi connectivity index (χ0n) is 18.4. The molecule has 0 radical (unpaired) electrons. The van der Waals surface area contributed by atoms with E-state index in [1.54, 1.807) is 18.2 Å². The summed E-state index contributed by atoms with van der Waals surface area (Å²) < 4.78 is 0. The summed E-state index contributed by atoms with van der Waals surface area (Å²) in [6, 6.07) is 9.18. The Kier molecular flexibility index (Phi) is 7.87. The zero-order valence-corrected chi connectivity index (χ0v) is 20.0. The SMILES string of the molecule is NC1CCCCC1N(Cc1cc(NC(=O)c2cccs2)ccc1Cl)C(=O)C1CCCCC1. The van der Waals surface area contributed by atoms with Crippen molar-refractivity contribution in [1.29, 1.82) is 0 Å². The van der Waals surface area contributed by atoms with Crippen LogP contribution in [-0.2, 0) is 11.3 Å². The van der Waals surface area contributed by atoms with Crippen LogP contribution >= 0.6 is 22.9 Å². The van der Waals surface area contributed by atoms with Gasteiger partial charge < -0.3 is 16.0 Å². The summed E-state index contributed by atoms with van der Waals surface area (Å²) >= 11 is 7.96. The van der Waals surface area contributed by atoms with Crippen molar-refractivity contribution in [1.82, 2.24) is 4.90 Å². The Morgan fingerprint density at radius 2 is 1.81 bits per heavy atom. The molecule has 2 aliphatic carbocycles. The van der Waals surface area contributed by atoms with E-state index in [2.05, 4.69) is 5.32 Å². The van der Waals surface area contributed by atoms with Gasteiger partial charge in [0, 0.05) is 35.3 Å². The summed E-state index contributed by atoms with van der Waals surface area (Å²) in [5.74, 6) is 0.159. The number of anilines is 1. The van der Waals surface area contributed by atoms with Crippen LogP contribution in [0.1, 0.15) is 73.0 Å². The van der Waals surface area contributed by atoms with E-state index in [1.807, 2.05) is 22.4 Å². The Bertz CT molecular complexity index is 927. The highest BCUT2D eigenvalue weighted by Crippen LogP contribution is 2.32. The zero-order chi connectivity index (χ0) is 22.5. The van der Waals surface area contributed by atoms with Crippen LogP contribution in [0.2, 0.25) is 5.02 Å². The monoisotopic (exact) mass is 473 g/mol. The van der Waals surface area contributed by atoms with Gasteiger partial charge in [-0.15, -0.1) is 11.3 Å². The maximum absolute atomic E-state index is 13.6. The highest BCUT2D eigenvalue weighted by molar-refractivity contribution is 7.12. The van der Waals surface area contributed by atoms with Crippen molar-refractivity contribution in [2.45, 2.75) is 76.4 Å². The van der Waals surface area contributed by atoms with Crippen LogP contribution in [0, 0.1) is 5.92 Å². The van der Waals surface area contributed by atoms with Gasteiger partial charge in [0.05, 0.1) is 4.88 Å². The molecule has 4 rings (SSSR count). The maximum Gasteiger partial charge on any atom is 0.265 e. The fourth-order valence-electron chi connectivity index (χ4n) is 5.03. The average Bonchev–Trinajstić information content (AvgIpc) is 3.35. The molecular weight excluding hydrogens is 442 g/mol. The van der Waals surface area contributed by atoms with Crippen LogP contribution in [0.15, 0.2) is 35.7 Å². The molecule has 1 heterocycles. The third-order valence-electron chi connectivity index (χ3n) is 6.81. The normalized spacial score (nSPS) is 21.8. The van der Waals surface area contributed by atoms with Crippen LogP contribution < -0.4 is 11.1 Å². The first-order chi connectivity index (χ1) is 15.5. The first-order valence-electron chi connectivity index (χ1n) is 11.7. The topological polar surface area (TPSA) is 75.4 Å². The summed E-state index contributed by atoms with van der Waals surface area (Å²) in [7, 11) is 0. The van der Waals surface area contributed by atoms with Gasteiger partial charge in [-0.05, 0) is 60.9 Å². The molecule has 2 unspecified atom stereocenters. The lowest BCUT2D eigenvalue weighted by Crippen LogP contribution is -2.53. The molecule has 2 aliphatic rings. The van der Waals surface area contributed by atoms with E-state index in [-0.39, 0.29) is 29.8 Å². The van der Waals surface area contributed by atoms with Gasteiger partial charge in [-0.25, -0.2) is 0 Å². The molecule has 1 aromatic carbocycles. The number of amides is 2. The molecule has 172 valence electrons. The molecule has 2 amide bonds. The summed E-state index contributed by atoms with van der Waals surface area (Å²) in [6.45, 7) is 0.426. The van der Waals surface area contributed by atoms with E-state index < -0.39 is 0 Å². The quantitative estimate of drug-likeness (QED) is 0.553. The summed E-state index contributed by atoms with van der Waals surface area (Å²) in [5, 5.41) is 5.43. The number of nitrogens with two attached hydrogens (primary N) is 1. The lowest BCUT2D eigenvalue weighted by Gasteiger charge is -2.41. The fourth-order valence-corrected chi connectivity index (χ4v) is 5.82. The number of nitrogens with zero attached hydrogens (tertiary/aromatic N) is 1. The number of carbonyl (C=O) groups excluding carboxylic acids is 2. The second kappa shape index (κ2) is 10.8. The summed E-state index contributed by atoms with van der Waals surface area (Å²) in [6.07, 6.45) is 9.47. The first-order valence-corrected chi connectivity index (χ1v) is 13.0. The Morgan fingerprint density at radius 1 is 1.06 bits per heavy atom. The second-order valence-corrected chi connectivity index (χ2v) is 10.4. The molecule has 2 fully saturated rings. The third-order valence-corrected chi connectivity index (χ3v) is 8.05. The lowest BCUT2D eigenvalue weighted by atomic mass is 9.85. The number of nitrogens with one attached hydrogen (secondary N) is 1. The third kappa shape index (κ3) is 5.53. The predicted octanol–water partition coefficient (Wildman–Crippen LogP) is 5.83. The highest BCUT2D eigenvalue weighted by atomic mass is 35.5.